The number of ether oxygens (including phenoxy) is 1. The highest BCUT2D eigenvalue weighted by Crippen LogP contribution is 2.52. The van der Waals surface area contributed by atoms with Crippen molar-refractivity contribution in [2.24, 2.45) is 17.8 Å². The smallest absolute Gasteiger partial charge is 0.0500 e. The summed E-state index contributed by atoms with van der Waals surface area (Å²) in [6, 6.07) is 19.8. The standard InChI is InChI=1S/C27H36N2O/c1-3-8-23(9-4-1)24-12-10-22(11-13-24)18-29-19-25-26(20-29)27(25)21-30-17-7-16-28-14-5-2-6-15-28/h1,3-4,8-13,25-27H,2,5-7,14-21H2/t25-,26+,27-. The summed E-state index contributed by atoms with van der Waals surface area (Å²) in [7, 11) is 0. The van der Waals surface area contributed by atoms with Crippen molar-refractivity contribution < 1.29 is 4.74 Å². The van der Waals surface area contributed by atoms with Crippen molar-refractivity contribution in [3.05, 3.63) is 60.2 Å². The molecule has 2 heterocycles. The number of hydrogen-bond donors (Lipinski definition) is 0. The van der Waals surface area contributed by atoms with E-state index in [4.69, 9.17) is 4.74 Å². The van der Waals surface area contributed by atoms with Crippen LogP contribution >= 0.6 is 0 Å². The fraction of sp³-hybridized carbons (Fsp3) is 0.556. The lowest BCUT2D eigenvalue weighted by Crippen LogP contribution is -2.31. The highest BCUT2D eigenvalue weighted by atomic mass is 16.5. The lowest BCUT2D eigenvalue weighted by Gasteiger charge is -2.26. The molecule has 1 saturated carbocycles. The minimum absolute atomic E-state index is 0.830. The van der Waals surface area contributed by atoms with Crippen LogP contribution in [-0.2, 0) is 11.3 Å². The van der Waals surface area contributed by atoms with Gasteiger partial charge >= 0.3 is 0 Å². The third-order valence-electron chi connectivity index (χ3n) is 7.44. The number of fused-ring (bicyclic) bond motifs is 1. The molecule has 2 aromatic carbocycles. The van der Waals surface area contributed by atoms with E-state index in [2.05, 4.69) is 64.4 Å². The second-order valence-electron chi connectivity index (χ2n) is 9.58. The fourth-order valence-electron chi connectivity index (χ4n) is 5.60. The molecule has 3 aliphatic rings. The molecule has 1 aliphatic carbocycles. The highest BCUT2D eigenvalue weighted by molar-refractivity contribution is 5.63. The van der Waals surface area contributed by atoms with Gasteiger partial charge in [0.25, 0.3) is 0 Å². The number of likely N-dealkylation sites (tertiary alicyclic amines) is 2. The summed E-state index contributed by atoms with van der Waals surface area (Å²) in [5, 5.41) is 0. The Balaban J connectivity index is 0.984. The Kier molecular flexibility index (Phi) is 6.50. The highest BCUT2D eigenvalue weighted by Gasteiger charge is 2.55. The minimum Gasteiger partial charge on any atom is -0.381 e. The Hall–Kier alpha value is -1.68. The van der Waals surface area contributed by atoms with E-state index in [-0.39, 0.29) is 0 Å². The summed E-state index contributed by atoms with van der Waals surface area (Å²) in [5.41, 5.74) is 4.04. The Morgan fingerprint density at radius 3 is 2.20 bits per heavy atom. The van der Waals surface area contributed by atoms with Crippen LogP contribution in [-0.4, -0.2) is 55.7 Å². The zero-order chi connectivity index (χ0) is 20.2. The lowest BCUT2D eigenvalue weighted by molar-refractivity contribution is 0.0967. The molecule has 0 unspecified atom stereocenters. The summed E-state index contributed by atoms with van der Waals surface area (Å²) < 4.78 is 6.05. The molecule has 2 aromatic rings. The van der Waals surface area contributed by atoms with Crippen LogP contribution in [0.5, 0.6) is 0 Å². The normalized spacial score (nSPS) is 26.6. The topological polar surface area (TPSA) is 15.7 Å². The van der Waals surface area contributed by atoms with Crippen molar-refractivity contribution in [3.63, 3.8) is 0 Å². The maximum Gasteiger partial charge on any atom is 0.0500 e. The van der Waals surface area contributed by atoms with Gasteiger partial charge in [0, 0.05) is 32.8 Å². The van der Waals surface area contributed by atoms with Gasteiger partial charge in [-0.15, -0.1) is 0 Å². The first kappa shape index (κ1) is 20.2. The molecule has 3 nitrogen and oxygen atoms in total. The molecule has 0 spiro atoms. The fourth-order valence-corrected chi connectivity index (χ4v) is 5.60. The van der Waals surface area contributed by atoms with E-state index >= 15 is 0 Å². The van der Waals surface area contributed by atoms with Crippen molar-refractivity contribution in [1.82, 2.24) is 9.80 Å². The Labute approximate surface area is 182 Å². The van der Waals surface area contributed by atoms with Gasteiger partial charge in [0.05, 0.1) is 6.61 Å². The van der Waals surface area contributed by atoms with Gasteiger partial charge < -0.3 is 9.64 Å². The van der Waals surface area contributed by atoms with Gasteiger partial charge in [-0.3, -0.25) is 4.90 Å². The van der Waals surface area contributed by atoms with Crippen LogP contribution in [0.25, 0.3) is 11.1 Å². The Morgan fingerprint density at radius 1 is 0.767 bits per heavy atom. The first-order valence-corrected chi connectivity index (χ1v) is 12.0. The van der Waals surface area contributed by atoms with Crippen LogP contribution in [0.3, 0.4) is 0 Å². The largest absolute Gasteiger partial charge is 0.381 e. The predicted molar refractivity (Wildman–Crippen MR) is 123 cm³/mol. The molecule has 0 radical (unpaired) electrons. The monoisotopic (exact) mass is 404 g/mol. The quantitative estimate of drug-likeness (QED) is 0.552. The minimum atomic E-state index is 0.830. The van der Waals surface area contributed by atoms with Crippen molar-refractivity contribution >= 4 is 0 Å². The molecule has 0 aromatic heterocycles. The van der Waals surface area contributed by atoms with Gasteiger partial charge in [-0.1, -0.05) is 61.0 Å². The molecular weight excluding hydrogens is 368 g/mol. The van der Waals surface area contributed by atoms with Crippen LogP contribution in [0.15, 0.2) is 54.6 Å². The first-order chi connectivity index (χ1) is 14.9. The maximum absolute atomic E-state index is 6.05. The molecule has 160 valence electrons. The van der Waals surface area contributed by atoms with Crippen LogP contribution in [0.2, 0.25) is 0 Å². The summed E-state index contributed by atoms with van der Waals surface area (Å²) in [5.74, 6) is 2.60. The molecular formula is C27H36N2O. The van der Waals surface area contributed by atoms with Gasteiger partial charge in [0.1, 0.15) is 0 Å². The van der Waals surface area contributed by atoms with E-state index in [0.29, 0.717) is 0 Å². The van der Waals surface area contributed by atoms with Crippen molar-refractivity contribution in [2.45, 2.75) is 32.2 Å². The van der Waals surface area contributed by atoms with Crippen LogP contribution in [0.4, 0.5) is 0 Å². The zero-order valence-corrected chi connectivity index (χ0v) is 18.2. The molecule has 3 fully saturated rings. The molecule has 0 N–H and O–H groups in total. The number of piperidine rings is 2. The maximum atomic E-state index is 6.05. The molecule has 0 bridgehead atoms. The molecule has 30 heavy (non-hydrogen) atoms. The summed E-state index contributed by atoms with van der Waals surface area (Å²) in [6.45, 7) is 9.38. The van der Waals surface area contributed by atoms with Crippen molar-refractivity contribution in [1.29, 1.82) is 0 Å². The predicted octanol–water partition coefficient (Wildman–Crippen LogP) is 4.92. The van der Waals surface area contributed by atoms with E-state index < -0.39 is 0 Å². The molecule has 5 rings (SSSR count). The second kappa shape index (κ2) is 9.64. The van der Waals surface area contributed by atoms with Gasteiger partial charge in [-0.25, -0.2) is 0 Å². The second-order valence-corrected chi connectivity index (χ2v) is 9.58. The van der Waals surface area contributed by atoms with Gasteiger partial charge in [0.2, 0.25) is 0 Å². The Bertz CT molecular complexity index is 772. The van der Waals surface area contributed by atoms with E-state index in [1.54, 1.807) is 0 Å². The summed E-state index contributed by atoms with van der Waals surface area (Å²) in [6.07, 6.45) is 5.40. The zero-order valence-electron chi connectivity index (χ0n) is 18.2. The van der Waals surface area contributed by atoms with Crippen molar-refractivity contribution in [3.8, 4) is 11.1 Å². The molecule has 0 amide bonds. The molecule has 3 heteroatoms. The van der Waals surface area contributed by atoms with E-state index in [1.165, 1.54) is 75.1 Å². The van der Waals surface area contributed by atoms with E-state index in [9.17, 15) is 0 Å². The van der Waals surface area contributed by atoms with E-state index in [1.807, 2.05) is 0 Å². The average Bonchev–Trinajstić information content (AvgIpc) is 3.25. The van der Waals surface area contributed by atoms with Crippen LogP contribution < -0.4 is 0 Å². The van der Waals surface area contributed by atoms with Gasteiger partial charge in [-0.05, 0) is 66.8 Å². The van der Waals surface area contributed by atoms with Gasteiger partial charge in [-0.2, -0.15) is 0 Å². The third-order valence-corrected chi connectivity index (χ3v) is 7.44. The summed E-state index contributed by atoms with van der Waals surface area (Å²) in [4.78, 5) is 5.25. The lowest BCUT2D eigenvalue weighted by atomic mass is 10.0. The van der Waals surface area contributed by atoms with Crippen molar-refractivity contribution in [2.75, 3.05) is 45.9 Å². The third kappa shape index (κ3) is 4.96. The Morgan fingerprint density at radius 2 is 1.47 bits per heavy atom. The van der Waals surface area contributed by atoms with E-state index in [0.717, 1.165) is 37.5 Å². The van der Waals surface area contributed by atoms with Crippen LogP contribution in [0.1, 0.15) is 31.2 Å². The number of benzene rings is 2. The first-order valence-electron chi connectivity index (χ1n) is 12.0. The SMILES string of the molecule is c1ccc(-c2ccc(CN3C[C@@H]4[C@H](COCCCN5CCCCC5)[C@@H]4C3)cc2)cc1. The number of nitrogens with zero attached hydrogens (tertiary/aromatic N) is 2. The number of hydrogen-bond acceptors (Lipinski definition) is 3. The molecule has 2 aliphatic heterocycles. The van der Waals surface area contributed by atoms with Crippen LogP contribution in [0, 0.1) is 17.8 Å². The van der Waals surface area contributed by atoms with Gasteiger partial charge in [0.15, 0.2) is 0 Å². The average molecular weight is 405 g/mol. The molecule has 2 saturated heterocycles. The number of rotatable bonds is 9. The molecule has 3 atom stereocenters. The summed E-state index contributed by atoms with van der Waals surface area (Å²) >= 11 is 0.